The van der Waals surface area contributed by atoms with Crippen LogP contribution in [0.1, 0.15) is 13.3 Å². The van der Waals surface area contributed by atoms with Gasteiger partial charge in [-0.05, 0) is 12.5 Å². The van der Waals surface area contributed by atoms with Crippen LogP contribution in [0.4, 0.5) is 22.7 Å². The molecule has 0 amide bonds. The Morgan fingerprint density at radius 3 is 2.47 bits per heavy atom. The maximum atomic E-state index is 11.8. The number of nitrogens with one attached hydrogen (secondary N) is 1. The van der Waals surface area contributed by atoms with Crippen molar-refractivity contribution in [2.24, 2.45) is 0 Å². The number of nitrogens with zero attached hydrogens (tertiary/aromatic N) is 4. The van der Waals surface area contributed by atoms with Gasteiger partial charge >= 0.3 is 5.69 Å². The Morgan fingerprint density at radius 1 is 1.17 bits per heavy atom. The van der Waals surface area contributed by atoms with Gasteiger partial charge in [-0.2, -0.15) is 0 Å². The molecule has 0 fully saturated rings. The van der Waals surface area contributed by atoms with E-state index in [9.17, 15) is 34.6 Å². The minimum absolute atomic E-state index is 0.0108. The van der Waals surface area contributed by atoms with Crippen LogP contribution in [0.2, 0.25) is 0 Å². The average molecular weight is 413 g/mol. The van der Waals surface area contributed by atoms with Crippen molar-refractivity contribution in [2.75, 3.05) is 16.8 Å². The third-order valence-electron chi connectivity index (χ3n) is 4.37. The van der Waals surface area contributed by atoms with Crippen LogP contribution in [0.15, 0.2) is 47.3 Å². The first kappa shape index (κ1) is 20.4. The number of allylic oxidation sites excluding steroid dienone is 1. The van der Waals surface area contributed by atoms with Crippen molar-refractivity contribution in [2.45, 2.75) is 13.3 Å². The van der Waals surface area contributed by atoms with E-state index in [1.165, 1.54) is 24.5 Å². The summed E-state index contributed by atoms with van der Waals surface area (Å²) in [6.07, 6.45) is 4.33. The van der Waals surface area contributed by atoms with Crippen LogP contribution >= 0.6 is 0 Å². The molecule has 0 unspecified atom stereocenters. The molecule has 12 nitrogen and oxygen atoms in total. The maximum absolute atomic E-state index is 11.8. The van der Waals surface area contributed by atoms with E-state index >= 15 is 0 Å². The van der Waals surface area contributed by atoms with Gasteiger partial charge in [-0.25, -0.2) is 0 Å². The number of Topliss-reactive ketones (excluding diaryl/α,β-unsaturated/α-hetero) is 1. The van der Waals surface area contributed by atoms with Crippen LogP contribution in [0.5, 0.6) is 0 Å². The molecule has 30 heavy (non-hydrogen) atoms. The van der Waals surface area contributed by atoms with Gasteiger partial charge in [0.15, 0.2) is 6.29 Å². The third-order valence-corrected chi connectivity index (χ3v) is 4.37. The van der Waals surface area contributed by atoms with Crippen LogP contribution in [0.3, 0.4) is 0 Å². The normalized spacial score (nSPS) is 12.4. The molecule has 1 N–H and O–H groups in total. The van der Waals surface area contributed by atoms with E-state index in [4.69, 9.17) is 0 Å². The number of rotatable bonds is 7. The fraction of sp³-hybridized carbons (Fsp3) is 0.167. The Morgan fingerprint density at radius 2 is 1.87 bits per heavy atom. The lowest BCUT2D eigenvalue weighted by Gasteiger charge is -2.29. The summed E-state index contributed by atoms with van der Waals surface area (Å²) in [6.45, 7) is 2.32. The summed E-state index contributed by atoms with van der Waals surface area (Å²) in [6, 6.07) is 3.54. The van der Waals surface area contributed by atoms with E-state index in [0.29, 0.717) is 18.7 Å². The lowest BCUT2D eigenvalue weighted by molar-refractivity contribution is -0.386. The van der Waals surface area contributed by atoms with E-state index in [2.05, 4.69) is 5.32 Å². The summed E-state index contributed by atoms with van der Waals surface area (Å²) in [7, 11) is 0. The van der Waals surface area contributed by atoms with E-state index in [1.54, 1.807) is 4.90 Å². The minimum atomic E-state index is -0.867. The second kappa shape index (κ2) is 7.95. The number of anilines is 2. The second-order valence-corrected chi connectivity index (χ2v) is 6.32. The van der Waals surface area contributed by atoms with Crippen molar-refractivity contribution >= 4 is 34.8 Å². The Hall–Kier alpha value is -4.35. The first-order valence-corrected chi connectivity index (χ1v) is 8.71. The molecule has 0 bridgehead atoms. The quantitative estimate of drug-likeness (QED) is 0.310. The number of aldehydes is 1. The number of carbonyl (C=O) groups excluding carboxylic acids is 2. The predicted molar refractivity (Wildman–Crippen MR) is 106 cm³/mol. The number of hydrogen-bond acceptors (Lipinski definition) is 9. The lowest BCUT2D eigenvalue weighted by atomic mass is 10.1. The molecule has 2 heterocycles. The molecule has 2 aromatic rings. The van der Waals surface area contributed by atoms with Crippen LogP contribution in [-0.4, -0.2) is 33.0 Å². The highest BCUT2D eigenvalue weighted by molar-refractivity contribution is 6.34. The Kier molecular flexibility index (Phi) is 5.40. The fourth-order valence-electron chi connectivity index (χ4n) is 3.03. The summed E-state index contributed by atoms with van der Waals surface area (Å²) in [5.41, 5.74) is -1.34. The number of benzene rings is 1. The molecular formula is C18H15N5O7. The highest BCUT2D eigenvalue weighted by atomic mass is 16.6. The van der Waals surface area contributed by atoms with E-state index in [0.717, 1.165) is 16.8 Å². The molecule has 12 heteroatoms. The van der Waals surface area contributed by atoms with Gasteiger partial charge in [-0.1, -0.05) is 6.92 Å². The highest BCUT2D eigenvalue weighted by Crippen LogP contribution is 2.39. The molecule has 0 aliphatic carbocycles. The van der Waals surface area contributed by atoms with Crippen molar-refractivity contribution in [3.8, 4) is 5.69 Å². The van der Waals surface area contributed by atoms with Crippen LogP contribution < -0.4 is 15.6 Å². The number of nitro groups is 2. The summed E-state index contributed by atoms with van der Waals surface area (Å²) in [5, 5.41) is 25.5. The molecule has 3 rings (SSSR count). The van der Waals surface area contributed by atoms with Gasteiger partial charge in [0.2, 0.25) is 5.78 Å². The van der Waals surface area contributed by atoms with Crippen molar-refractivity contribution in [1.82, 2.24) is 4.57 Å². The fourth-order valence-corrected chi connectivity index (χ4v) is 3.03. The number of carbonyl (C=O) groups is 2. The molecule has 0 atom stereocenters. The van der Waals surface area contributed by atoms with E-state index in [-0.39, 0.29) is 23.4 Å². The van der Waals surface area contributed by atoms with Gasteiger partial charge < -0.3 is 14.8 Å². The predicted octanol–water partition coefficient (Wildman–Crippen LogP) is 1.91. The van der Waals surface area contributed by atoms with E-state index in [1.807, 2.05) is 6.92 Å². The Balaban J connectivity index is 2.23. The molecule has 0 radical (unpaired) electrons. The first-order chi connectivity index (χ1) is 14.3. The summed E-state index contributed by atoms with van der Waals surface area (Å²) in [5.74, 6) is -0.815. The van der Waals surface area contributed by atoms with Crippen molar-refractivity contribution in [3.05, 3.63) is 72.9 Å². The lowest BCUT2D eigenvalue weighted by Crippen LogP contribution is -2.28. The van der Waals surface area contributed by atoms with Crippen molar-refractivity contribution < 1.29 is 19.4 Å². The topological polar surface area (TPSA) is 158 Å². The van der Waals surface area contributed by atoms with Crippen LogP contribution in [0.25, 0.3) is 5.69 Å². The van der Waals surface area contributed by atoms with Gasteiger partial charge in [0.25, 0.3) is 11.1 Å². The zero-order valence-corrected chi connectivity index (χ0v) is 15.6. The smallest absolute Gasteiger partial charge is 0.332 e. The molecular weight excluding hydrogens is 398 g/mol. The van der Waals surface area contributed by atoms with Crippen LogP contribution in [0, 0.1) is 20.2 Å². The summed E-state index contributed by atoms with van der Waals surface area (Å²) < 4.78 is 1.12. The first-order valence-electron chi connectivity index (χ1n) is 8.71. The highest BCUT2D eigenvalue weighted by Gasteiger charge is 2.27. The third kappa shape index (κ3) is 3.65. The summed E-state index contributed by atoms with van der Waals surface area (Å²) in [4.78, 5) is 57.2. The number of hydrogen-bond donors (Lipinski definition) is 1. The van der Waals surface area contributed by atoms with Gasteiger partial charge in [0.05, 0.1) is 27.4 Å². The number of pyridine rings is 1. The van der Waals surface area contributed by atoms with E-state index < -0.39 is 32.4 Å². The Bertz CT molecular complexity index is 1170. The average Bonchev–Trinajstić information content (AvgIpc) is 2.72. The standard InChI is InChI=1S/C18H15N5O7/c1-2-4-20-8-12(18(26)10-24)19-11-6-15(22(27)28)14(7-13(11)20)21-5-3-17(25)16(9-21)23(29)30/h3,5-10,19H,2,4H2,1H3. The second-order valence-electron chi connectivity index (χ2n) is 6.32. The zero-order chi connectivity index (χ0) is 22.0. The van der Waals surface area contributed by atoms with Gasteiger partial charge in [0, 0.05) is 31.1 Å². The molecule has 154 valence electrons. The molecule has 0 spiro atoms. The van der Waals surface area contributed by atoms with Crippen molar-refractivity contribution in [1.29, 1.82) is 0 Å². The molecule has 1 aromatic heterocycles. The number of fused-ring (bicyclic) bond motifs is 1. The molecule has 0 saturated carbocycles. The van der Waals surface area contributed by atoms with Gasteiger partial charge in [0.1, 0.15) is 11.4 Å². The molecule has 0 saturated heterocycles. The minimum Gasteiger partial charge on any atom is -0.349 e. The molecule has 1 aliphatic rings. The van der Waals surface area contributed by atoms with Gasteiger partial charge in [-0.3, -0.25) is 34.6 Å². The Labute approximate surface area is 168 Å². The zero-order valence-electron chi connectivity index (χ0n) is 15.6. The number of nitro benzene ring substituents is 1. The maximum Gasteiger partial charge on any atom is 0.332 e. The molecule has 1 aromatic carbocycles. The number of ketones is 1. The SMILES string of the molecule is CCCN1C=C(C(=O)C=O)Nc2cc([N+](=O)[O-])c(-n3ccc(=O)c([N+](=O)[O-])c3)cc21. The largest absolute Gasteiger partial charge is 0.349 e. The van der Waals surface area contributed by atoms with Crippen molar-refractivity contribution in [3.63, 3.8) is 0 Å². The summed E-state index contributed by atoms with van der Waals surface area (Å²) >= 11 is 0. The molecule has 1 aliphatic heterocycles. The monoisotopic (exact) mass is 413 g/mol. The van der Waals surface area contributed by atoms with Gasteiger partial charge in [-0.15, -0.1) is 0 Å². The van der Waals surface area contributed by atoms with Crippen LogP contribution in [-0.2, 0) is 9.59 Å². The number of aromatic nitrogens is 1.